The van der Waals surface area contributed by atoms with Crippen molar-refractivity contribution in [3.8, 4) is 0 Å². The third kappa shape index (κ3) is 3.02. The number of nitrogens with two attached hydrogens (primary N) is 1. The molecule has 0 fully saturated rings. The monoisotopic (exact) mass is 279 g/mol. The number of hydrogen-bond acceptors (Lipinski definition) is 5. The Morgan fingerprint density at radius 2 is 2.30 bits per heavy atom. The Bertz CT molecular complexity index is 641. The van der Waals surface area contributed by atoms with Gasteiger partial charge in [0.2, 0.25) is 0 Å². The molecule has 2 rings (SSSR count). The van der Waals surface area contributed by atoms with Crippen LogP contribution in [0.25, 0.3) is 0 Å². The largest absolute Gasteiger partial charge is 0.478 e. The van der Waals surface area contributed by atoms with Crippen molar-refractivity contribution < 1.29 is 14.3 Å². The number of nitrogens with zero attached hydrogens (tertiary/aromatic N) is 3. The predicted molar refractivity (Wildman–Crippen MR) is 71.0 cm³/mol. The van der Waals surface area contributed by atoms with Crippen LogP contribution >= 0.6 is 0 Å². The van der Waals surface area contributed by atoms with Crippen LogP contribution < -0.4 is 11.1 Å². The predicted octanol–water partition coefficient (Wildman–Crippen LogP) is 0.889. The lowest BCUT2D eigenvalue weighted by Gasteiger charge is -2.10. The van der Waals surface area contributed by atoms with Gasteiger partial charge >= 0.3 is 5.97 Å². The number of aromatic carboxylic acids is 1. The first-order valence-electron chi connectivity index (χ1n) is 5.88. The Kier molecular flexibility index (Phi) is 3.83. The standard InChI is InChI=1S/C12H14FN5O2/c1-18-6-16-11(17-18)2-3-15-10-5-8(13)7(12(19)20)4-9(10)14/h4-6,15H,2-3,14H2,1H3,(H,19,20). The van der Waals surface area contributed by atoms with Crippen LogP contribution in [0.1, 0.15) is 16.2 Å². The summed E-state index contributed by atoms with van der Waals surface area (Å²) in [7, 11) is 1.77. The zero-order valence-corrected chi connectivity index (χ0v) is 10.8. The highest BCUT2D eigenvalue weighted by Crippen LogP contribution is 2.23. The van der Waals surface area contributed by atoms with Crippen LogP contribution in [-0.2, 0) is 13.5 Å². The van der Waals surface area contributed by atoms with E-state index in [1.54, 1.807) is 18.1 Å². The molecule has 0 amide bonds. The smallest absolute Gasteiger partial charge is 0.338 e. The third-order valence-corrected chi connectivity index (χ3v) is 2.68. The Morgan fingerprint density at radius 1 is 1.55 bits per heavy atom. The highest BCUT2D eigenvalue weighted by atomic mass is 19.1. The van der Waals surface area contributed by atoms with E-state index < -0.39 is 17.3 Å². The van der Waals surface area contributed by atoms with Gasteiger partial charge < -0.3 is 16.2 Å². The van der Waals surface area contributed by atoms with Crippen LogP contribution in [0.4, 0.5) is 15.8 Å². The van der Waals surface area contributed by atoms with Gasteiger partial charge in [-0.25, -0.2) is 14.2 Å². The van der Waals surface area contributed by atoms with Crippen molar-refractivity contribution in [1.29, 1.82) is 0 Å². The minimum absolute atomic E-state index is 0.179. The van der Waals surface area contributed by atoms with Crippen LogP contribution in [0.3, 0.4) is 0 Å². The van der Waals surface area contributed by atoms with Crippen molar-refractivity contribution in [2.24, 2.45) is 7.05 Å². The average Bonchev–Trinajstić information content (AvgIpc) is 2.78. The Labute approximate surface area is 114 Å². The normalized spacial score (nSPS) is 10.5. The molecule has 0 saturated carbocycles. The molecular weight excluding hydrogens is 265 g/mol. The molecule has 7 nitrogen and oxygen atoms in total. The molecule has 0 aliphatic heterocycles. The first-order valence-corrected chi connectivity index (χ1v) is 5.88. The van der Waals surface area contributed by atoms with Gasteiger partial charge in [0.25, 0.3) is 0 Å². The van der Waals surface area contributed by atoms with Crippen LogP contribution in [0.5, 0.6) is 0 Å². The summed E-state index contributed by atoms with van der Waals surface area (Å²) in [5, 5.41) is 15.8. The van der Waals surface area contributed by atoms with Gasteiger partial charge in [0, 0.05) is 20.0 Å². The fraction of sp³-hybridized carbons (Fsp3) is 0.250. The second-order valence-electron chi connectivity index (χ2n) is 4.24. The number of nitrogen functional groups attached to an aromatic ring is 1. The summed E-state index contributed by atoms with van der Waals surface area (Å²) < 4.78 is 15.1. The molecule has 0 aliphatic carbocycles. The highest BCUT2D eigenvalue weighted by Gasteiger charge is 2.13. The van der Waals surface area contributed by atoms with E-state index in [1.807, 2.05) is 0 Å². The second-order valence-corrected chi connectivity index (χ2v) is 4.24. The van der Waals surface area contributed by atoms with Crippen LogP contribution in [0.15, 0.2) is 18.5 Å². The number of benzene rings is 1. The lowest BCUT2D eigenvalue weighted by molar-refractivity contribution is 0.0692. The lowest BCUT2D eigenvalue weighted by Crippen LogP contribution is -2.10. The van der Waals surface area contributed by atoms with Crippen molar-refractivity contribution >= 4 is 17.3 Å². The number of aryl methyl sites for hydroxylation is 1. The molecule has 1 heterocycles. The Hall–Kier alpha value is -2.64. The molecule has 0 aliphatic rings. The number of rotatable bonds is 5. The summed E-state index contributed by atoms with van der Waals surface area (Å²) >= 11 is 0. The molecule has 4 N–H and O–H groups in total. The third-order valence-electron chi connectivity index (χ3n) is 2.68. The molecule has 2 aromatic rings. The molecule has 20 heavy (non-hydrogen) atoms. The minimum Gasteiger partial charge on any atom is -0.478 e. The van der Waals surface area contributed by atoms with E-state index in [1.165, 1.54) is 0 Å². The molecule has 106 valence electrons. The van der Waals surface area contributed by atoms with Crippen molar-refractivity contribution in [1.82, 2.24) is 14.8 Å². The van der Waals surface area contributed by atoms with E-state index in [0.29, 0.717) is 24.5 Å². The summed E-state index contributed by atoms with van der Waals surface area (Å²) in [5.74, 6) is -1.52. The van der Waals surface area contributed by atoms with Gasteiger partial charge in [0.15, 0.2) is 5.82 Å². The van der Waals surface area contributed by atoms with Crippen molar-refractivity contribution in [3.05, 3.63) is 35.7 Å². The molecular formula is C12H14FN5O2. The average molecular weight is 279 g/mol. The zero-order chi connectivity index (χ0) is 14.7. The molecule has 0 saturated heterocycles. The number of carbonyl (C=O) groups is 1. The number of anilines is 2. The van der Waals surface area contributed by atoms with Crippen LogP contribution in [0.2, 0.25) is 0 Å². The first-order chi connectivity index (χ1) is 9.47. The number of halogens is 1. The maximum Gasteiger partial charge on any atom is 0.338 e. The maximum atomic E-state index is 13.5. The molecule has 1 aromatic carbocycles. The maximum absolute atomic E-state index is 13.5. The molecule has 0 spiro atoms. The molecule has 0 atom stereocenters. The SMILES string of the molecule is Cn1cnc(CCNc2cc(F)c(C(=O)O)cc2N)n1. The van der Waals surface area contributed by atoms with Gasteiger partial charge in [-0.3, -0.25) is 4.68 Å². The van der Waals surface area contributed by atoms with Crippen LogP contribution in [0, 0.1) is 5.82 Å². The van der Waals surface area contributed by atoms with Crippen molar-refractivity contribution in [2.45, 2.75) is 6.42 Å². The molecule has 8 heteroatoms. The van der Waals surface area contributed by atoms with E-state index in [4.69, 9.17) is 10.8 Å². The van der Waals surface area contributed by atoms with E-state index in [2.05, 4.69) is 15.4 Å². The highest BCUT2D eigenvalue weighted by molar-refractivity contribution is 5.90. The number of carboxylic acids is 1. The lowest BCUT2D eigenvalue weighted by atomic mass is 10.1. The fourth-order valence-corrected chi connectivity index (χ4v) is 1.71. The number of nitrogens with one attached hydrogen (secondary N) is 1. The van der Waals surface area contributed by atoms with Crippen LogP contribution in [-0.4, -0.2) is 32.4 Å². The summed E-state index contributed by atoms with van der Waals surface area (Å²) in [6.45, 7) is 0.458. The number of hydrogen-bond donors (Lipinski definition) is 3. The van der Waals surface area contributed by atoms with Gasteiger partial charge in [0.1, 0.15) is 12.1 Å². The van der Waals surface area contributed by atoms with Gasteiger partial charge in [-0.05, 0) is 12.1 Å². The molecule has 0 bridgehead atoms. The van der Waals surface area contributed by atoms with E-state index in [9.17, 15) is 9.18 Å². The van der Waals surface area contributed by atoms with E-state index in [-0.39, 0.29) is 5.69 Å². The van der Waals surface area contributed by atoms with Crippen molar-refractivity contribution in [2.75, 3.05) is 17.6 Å². The Balaban J connectivity index is 2.03. The summed E-state index contributed by atoms with van der Waals surface area (Å²) in [6, 6.07) is 2.17. The van der Waals surface area contributed by atoms with Gasteiger partial charge in [0.05, 0.1) is 16.9 Å². The fourth-order valence-electron chi connectivity index (χ4n) is 1.71. The van der Waals surface area contributed by atoms with Gasteiger partial charge in [-0.1, -0.05) is 0 Å². The first kappa shape index (κ1) is 13.8. The summed E-state index contributed by atoms with van der Waals surface area (Å²) in [6.07, 6.45) is 2.13. The summed E-state index contributed by atoms with van der Waals surface area (Å²) in [4.78, 5) is 14.8. The molecule has 1 aromatic heterocycles. The summed E-state index contributed by atoms with van der Waals surface area (Å²) in [5.41, 5.74) is 5.77. The molecule has 0 radical (unpaired) electrons. The number of carboxylic acid groups (broad SMARTS) is 1. The van der Waals surface area contributed by atoms with Gasteiger partial charge in [-0.2, -0.15) is 5.10 Å². The Morgan fingerprint density at radius 3 is 2.90 bits per heavy atom. The molecule has 0 unspecified atom stereocenters. The van der Waals surface area contributed by atoms with E-state index >= 15 is 0 Å². The van der Waals surface area contributed by atoms with Gasteiger partial charge in [-0.15, -0.1) is 0 Å². The second kappa shape index (κ2) is 5.55. The quantitative estimate of drug-likeness (QED) is 0.702. The van der Waals surface area contributed by atoms with Crippen molar-refractivity contribution in [3.63, 3.8) is 0 Å². The zero-order valence-electron chi connectivity index (χ0n) is 10.8. The minimum atomic E-state index is -1.35. The topological polar surface area (TPSA) is 106 Å². The number of aromatic nitrogens is 3. The van der Waals surface area contributed by atoms with E-state index in [0.717, 1.165) is 12.1 Å².